The van der Waals surface area contributed by atoms with Gasteiger partial charge < -0.3 is 10.6 Å². The maximum absolute atomic E-state index is 12.1. The SMILES string of the molecule is CSCc1ccc(C(=O)NCc2ccc(NC(C)=O)cc2)cc1. The molecule has 120 valence electrons. The van der Waals surface area contributed by atoms with E-state index in [1.165, 1.54) is 12.5 Å². The van der Waals surface area contributed by atoms with E-state index in [1.54, 1.807) is 11.8 Å². The van der Waals surface area contributed by atoms with Crippen LogP contribution in [0.4, 0.5) is 5.69 Å². The molecule has 4 nitrogen and oxygen atoms in total. The number of benzene rings is 2. The third-order valence-corrected chi connectivity index (χ3v) is 3.88. The Morgan fingerprint density at radius 2 is 1.57 bits per heavy atom. The van der Waals surface area contributed by atoms with Crippen LogP contribution >= 0.6 is 11.8 Å². The number of rotatable bonds is 6. The lowest BCUT2D eigenvalue weighted by Crippen LogP contribution is -2.22. The molecule has 0 aliphatic rings. The van der Waals surface area contributed by atoms with Crippen molar-refractivity contribution in [1.29, 1.82) is 0 Å². The summed E-state index contributed by atoms with van der Waals surface area (Å²) in [6.07, 6.45) is 2.05. The Labute approximate surface area is 140 Å². The van der Waals surface area contributed by atoms with Crippen LogP contribution in [0.3, 0.4) is 0 Å². The number of carbonyl (C=O) groups is 2. The first-order chi connectivity index (χ1) is 11.1. The van der Waals surface area contributed by atoms with E-state index in [0.29, 0.717) is 12.1 Å². The summed E-state index contributed by atoms with van der Waals surface area (Å²) in [7, 11) is 0. The second-order valence-corrected chi connectivity index (χ2v) is 6.06. The summed E-state index contributed by atoms with van der Waals surface area (Å²) in [6, 6.07) is 15.1. The molecule has 0 heterocycles. The van der Waals surface area contributed by atoms with Gasteiger partial charge in [-0.3, -0.25) is 9.59 Å². The minimum atomic E-state index is -0.101. The molecule has 0 bridgehead atoms. The fourth-order valence-electron chi connectivity index (χ4n) is 2.11. The van der Waals surface area contributed by atoms with Gasteiger partial charge in [-0.15, -0.1) is 0 Å². The Balaban J connectivity index is 1.89. The quantitative estimate of drug-likeness (QED) is 0.854. The number of hydrogen-bond donors (Lipinski definition) is 2. The summed E-state index contributed by atoms with van der Waals surface area (Å²) in [6.45, 7) is 1.92. The van der Waals surface area contributed by atoms with Crippen LogP contribution in [0.15, 0.2) is 48.5 Å². The highest BCUT2D eigenvalue weighted by molar-refractivity contribution is 7.97. The normalized spacial score (nSPS) is 10.2. The highest BCUT2D eigenvalue weighted by Crippen LogP contribution is 2.12. The van der Waals surface area contributed by atoms with Crippen molar-refractivity contribution in [3.05, 3.63) is 65.2 Å². The molecule has 0 aliphatic carbocycles. The van der Waals surface area contributed by atoms with Gasteiger partial charge in [0.15, 0.2) is 0 Å². The molecule has 2 amide bonds. The van der Waals surface area contributed by atoms with E-state index < -0.39 is 0 Å². The van der Waals surface area contributed by atoms with Gasteiger partial charge in [0.05, 0.1) is 0 Å². The van der Waals surface area contributed by atoms with Gasteiger partial charge in [-0.05, 0) is 41.6 Å². The molecule has 2 aromatic rings. The van der Waals surface area contributed by atoms with E-state index in [2.05, 4.69) is 16.9 Å². The first-order valence-corrected chi connectivity index (χ1v) is 8.70. The number of anilines is 1. The number of amides is 2. The molecule has 23 heavy (non-hydrogen) atoms. The van der Waals surface area contributed by atoms with Gasteiger partial charge in [0.25, 0.3) is 5.91 Å². The summed E-state index contributed by atoms with van der Waals surface area (Å²) in [5.41, 5.74) is 3.59. The molecule has 2 N–H and O–H groups in total. The predicted octanol–water partition coefficient (Wildman–Crippen LogP) is 3.44. The zero-order chi connectivity index (χ0) is 16.7. The molecule has 0 aliphatic heterocycles. The monoisotopic (exact) mass is 328 g/mol. The summed E-state index contributed by atoms with van der Waals surface area (Å²) in [5, 5.41) is 5.61. The third kappa shape index (κ3) is 5.45. The summed E-state index contributed by atoms with van der Waals surface area (Å²) in [5.74, 6) is 0.755. The van der Waals surface area contributed by atoms with Crippen molar-refractivity contribution in [2.75, 3.05) is 11.6 Å². The van der Waals surface area contributed by atoms with Crippen molar-refractivity contribution in [3.63, 3.8) is 0 Å². The van der Waals surface area contributed by atoms with Gasteiger partial charge in [-0.2, -0.15) is 11.8 Å². The van der Waals surface area contributed by atoms with Crippen molar-refractivity contribution in [3.8, 4) is 0 Å². The predicted molar refractivity (Wildman–Crippen MR) is 95.6 cm³/mol. The lowest BCUT2D eigenvalue weighted by molar-refractivity contribution is -0.114. The first-order valence-electron chi connectivity index (χ1n) is 7.31. The lowest BCUT2D eigenvalue weighted by atomic mass is 10.1. The molecule has 0 spiro atoms. The summed E-state index contributed by atoms with van der Waals surface area (Å²) >= 11 is 1.75. The number of carbonyl (C=O) groups excluding carboxylic acids is 2. The van der Waals surface area contributed by atoms with Crippen molar-refractivity contribution in [2.45, 2.75) is 19.2 Å². The molecule has 0 aromatic heterocycles. The largest absolute Gasteiger partial charge is 0.348 e. The molecule has 0 radical (unpaired) electrons. The minimum absolute atomic E-state index is 0.0911. The number of hydrogen-bond acceptors (Lipinski definition) is 3. The van der Waals surface area contributed by atoms with Crippen LogP contribution < -0.4 is 10.6 Å². The van der Waals surface area contributed by atoms with Gasteiger partial charge in [-0.25, -0.2) is 0 Å². The molecule has 0 saturated carbocycles. The third-order valence-electron chi connectivity index (χ3n) is 3.25. The molecular formula is C18H20N2O2S. The topological polar surface area (TPSA) is 58.2 Å². The van der Waals surface area contributed by atoms with E-state index in [1.807, 2.05) is 48.5 Å². The van der Waals surface area contributed by atoms with Gasteiger partial charge >= 0.3 is 0 Å². The van der Waals surface area contributed by atoms with Gasteiger partial charge in [0, 0.05) is 30.5 Å². The molecule has 2 aromatic carbocycles. The van der Waals surface area contributed by atoms with Crippen LogP contribution in [0.5, 0.6) is 0 Å². The zero-order valence-electron chi connectivity index (χ0n) is 13.3. The van der Waals surface area contributed by atoms with E-state index in [-0.39, 0.29) is 11.8 Å². The van der Waals surface area contributed by atoms with Crippen LogP contribution in [-0.4, -0.2) is 18.1 Å². The second-order valence-electron chi connectivity index (χ2n) is 5.19. The zero-order valence-corrected chi connectivity index (χ0v) is 14.1. The Hall–Kier alpha value is -2.27. The molecular weight excluding hydrogens is 308 g/mol. The average molecular weight is 328 g/mol. The Bertz CT molecular complexity index is 666. The van der Waals surface area contributed by atoms with Crippen molar-refractivity contribution >= 4 is 29.3 Å². The standard InChI is InChI=1S/C18H20N2O2S/c1-13(21)20-17-9-5-14(6-10-17)11-19-18(22)16-7-3-15(4-8-16)12-23-2/h3-10H,11-12H2,1-2H3,(H,19,22)(H,20,21). The Kier molecular flexibility index (Phi) is 6.23. The highest BCUT2D eigenvalue weighted by atomic mass is 32.2. The fourth-order valence-corrected chi connectivity index (χ4v) is 2.64. The van der Waals surface area contributed by atoms with Crippen molar-refractivity contribution < 1.29 is 9.59 Å². The van der Waals surface area contributed by atoms with E-state index in [0.717, 1.165) is 17.0 Å². The number of nitrogens with one attached hydrogen (secondary N) is 2. The van der Waals surface area contributed by atoms with Crippen molar-refractivity contribution in [1.82, 2.24) is 5.32 Å². The molecule has 0 unspecified atom stereocenters. The van der Waals surface area contributed by atoms with E-state index in [9.17, 15) is 9.59 Å². The summed E-state index contributed by atoms with van der Waals surface area (Å²) < 4.78 is 0. The lowest BCUT2D eigenvalue weighted by Gasteiger charge is -2.07. The van der Waals surface area contributed by atoms with E-state index in [4.69, 9.17) is 0 Å². The Morgan fingerprint density at radius 1 is 0.957 bits per heavy atom. The molecule has 0 saturated heterocycles. The summed E-state index contributed by atoms with van der Waals surface area (Å²) in [4.78, 5) is 23.1. The Morgan fingerprint density at radius 3 is 2.13 bits per heavy atom. The van der Waals surface area contributed by atoms with Crippen LogP contribution in [0.1, 0.15) is 28.4 Å². The van der Waals surface area contributed by atoms with Crippen LogP contribution in [0.2, 0.25) is 0 Å². The van der Waals surface area contributed by atoms with Crippen molar-refractivity contribution in [2.24, 2.45) is 0 Å². The fraction of sp³-hybridized carbons (Fsp3) is 0.222. The highest BCUT2D eigenvalue weighted by Gasteiger charge is 2.05. The maximum atomic E-state index is 12.1. The molecule has 2 rings (SSSR count). The average Bonchev–Trinajstić information content (AvgIpc) is 2.54. The minimum Gasteiger partial charge on any atom is -0.348 e. The van der Waals surface area contributed by atoms with E-state index >= 15 is 0 Å². The first kappa shape index (κ1) is 17.1. The van der Waals surface area contributed by atoms with Gasteiger partial charge in [-0.1, -0.05) is 24.3 Å². The van der Waals surface area contributed by atoms with Gasteiger partial charge in [0.2, 0.25) is 5.91 Å². The molecule has 5 heteroatoms. The second kappa shape index (κ2) is 8.39. The molecule has 0 fully saturated rings. The number of thioether (sulfide) groups is 1. The molecule has 0 atom stereocenters. The van der Waals surface area contributed by atoms with Crippen LogP contribution in [-0.2, 0) is 17.1 Å². The van der Waals surface area contributed by atoms with Gasteiger partial charge in [0.1, 0.15) is 0 Å². The smallest absolute Gasteiger partial charge is 0.251 e. The van der Waals surface area contributed by atoms with Crippen LogP contribution in [0.25, 0.3) is 0 Å². The maximum Gasteiger partial charge on any atom is 0.251 e. The van der Waals surface area contributed by atoms with Crippen LogP contribution in [0, 0.1) is 0 Å².